The number of amides is 1. The lowest BCUT2D eigenvalue weighted by atomic mass is 10.0. The predicted molar refractivity (Wildman–Crippen MR) is 59.7 cm³/mol. The lowest BCUT2D eigenvalue weighted by Gasteiger charge is -2.14. The van der Waals surface area contributed by atoms with Crippen molar-refractivity contribution >= 4 is 17.6 Å². The van der Waals surface area contributed by atoms with Crippen molar-refractivity contribution in [3.05, 3.63) is 29.3 Å². The summed E-state index contributed by atoms with van der Waals surface area (Å²) < 4.78 is 26.7. The second-order valence-electron chi connectivity index (χ2n) is 4.32. The second kappa shape index (κ2) is 4.36. The van der Waals surface area contributed by atoms with Crippen LogP contribution < -0.4 is 5.32 Å². The fraction of sp³-hybridized carbons (Fsp3) is 0.333. The third-order valence-electron chi connectivity index (χ3n) is 2.67. The first-order chi connectivity index (χ1) is 8.35. The summed E-state index contributed by atoms with van der Waals surface area (Å²) in [6.07, 6.45) is -1.66. The molecule has 2 N–H and O–H groups in total. The third-order valence-corrected chi connectivity index (χ3v) is 2.67. The van der Waals surface area contributed by atoms with Crippen molar-refractivity contribution in [2.75, 3.05) is 5.32 Å². The van der Waals surface area contributed by atoms with Crippen LogP contribution in [0.2, 0.25) is 0 Å². The topological polar surface area (TPSA) is 66.4 Å². The van der Waals surface area contributed by atoms with Gasteiger partial charge in [-0.05, 0) is 17.2 Å². The van der Waals surface area contributed by atoms with Crippen LogP contribution in [0.5, 0.6) is 0 Å². The molecule has 0 fully saturated rings. The molecular formula is C12H11F2NO3. The van der Waals surface area contributed by atoms with E-state index in [4.69, 9.17) is 5.11 Å². The molecule has 0 atom stereocenters. The van der Waals surface area contributed by atoms with E-state index in [2.05, 4.69) is 5.32 Å². The van der Waals surface area contributed by atoms with Crippen LogP contribution in [0.3, 0.4) is 0 Å². The van der Waals surface area contributed by atoms with Crippen LogP contribution in [0.15, 0.2) is 18.2 Å². The Morgan fingerprint density at radius 3 is 2.83 bits per heavy atom. The summed E-state index contributed by atoms with van der Waals surface area (Å²) in [5.41, 5.74) is 1.63. The molecule has 1 aromatic rings. The summed E-state index contributed by atoms with van der Waals surface area (Å²) in [6.45, 7) is 0. The molecule has 1 aliphatic rings. The molecule has 1 heterocycles. The Bertz CT molecular complexity index is 514. The Morgan fingerprint density at radius 1 is 1.44 bits per heavy atom. The molecule has 1 aliphatic heterocycles. The van der Waals surface area contributed by atoms with Crippen LogP contribution in [0.4, 0.5) is 14.5 Å². The number of carbonyl (C=O) groups is 2. The molecule has 0 aliphatic carbocycles. The SMILES string of the molecule is O=C(O)CC(F)(F)Cc1ccc2c(c1)CC(=O)N2. The predicted octanol–water partition coefficient (Wildman–Crippen LogP) is 1.83. The van der Waals surface area contributed by atoms with Gasteiger partial charge in [0.2, 0.25) is 5.91 Å². The number of alkyl halides is 2. The number of hydrogen-bond donors (Lipinski definition) is 2. The molecule has 6 heteroatoms. The second-order valence-corrected chi connectivity index (χ2v) is 4.32. The molecule has 0 aromatic heterocycles. The van der Waals surface area contributed by atoms with E-state index in [1.165, 1.54) is 12.1 Å². The Kier molecular flexibility index (Phi) is 3.02. The Morgan fingerprint density at radius 2 is 2.17 bits per heavy atom. The zero-order valence-electron chi connectivity index (χ0n) is 9.37. The molecule has 0 bridgehead atoms. The van der Waals surface area contributed by atoms with Gasteiger partial charge in [0.1, 0.15) is 6.42 Å². The van der Waals surface area contributed by atoms with Gasteiger partial charge >= 0.3 is 5.97 Å². The van der Waals surface area contributed by atoms with Gasteiger partial charge in [0.25, 0.3) is 5.92 Å². The average molecular weight is 255 g/mol. The number of fused-ring (bicyclic) bond motifs is 1. The number of aliphatic carboxylic acids is 1. The van der Waals surface area contributed by atoms with Crippen LogP contribution in [-0.2, 0) is 22.4 Å². The van der Waals surface area contributed by atoms with Gasteiger partial charge in [0, 0.05) is 12.1 Å². The normalized spacial score (nSPS) is 14.2. The quantitative estimate of drug-likeness (QED) is 0.862. The van der Waals surface area contributed by atoms with Crippen molar-refractivity contribution < 1.29 is 23.5 Å². The lowest BCUT2D eigenvalue weighted by molar-refractivity contribution is -0.144. The van der Waals surface area contributed by atoms with Gasteiger partial charge in [-0.3, -0.25) is 9.59 Å². The van der Waals surface area contributed by atoms with Crippen LogP contribution in [0.1, 0.15) is 17.5 Å². The van der Waals surface area contributed by atoms with E-state index in [1.807, 2.05) is 0 Å². The number of nitrogens with one attached hydrogen (secondary N) is 1. The van der Waals surface area contributed by atoms with Gasteiger partial charge in [-0.1, -0.05) is 12.1 Å². The zero-order chi connectivity index (χ0) is 13.3. The van der Waals surface area contributed by atoms with E-state index in [-0.39, 0.29) is 12.3 Å². The number of benzene rings is 1. The monoisotopic (exact) mass is 255 g/mol. The molecule has 18 heavy (non-hydrogen) atoms. The van der Waals surface area contributed by atoms with E-state index in [1.54, 1.807) is 6.07 Å². The lowest BCUT2D eigenvalue weighted by Crippen LogP contribution is -2.23. The summed E-state index contributed by atoms with van der Waals surface area (Å²) >= 11 is 0. The first-order valence-corrected chi connectivity index (χ1v) is 5.37. The molecular weight excluding hydrogens is 244 g/mol. The Labute approximate surface area is 102 Å². The minimum atomic E-state index is -3.28. The summed E-state index contributed by atoms with van der Waals surface area (Å²) in [4.78, 5) is 21.4. The number of carbonyl (C=O) groups excluding carboxylic acids is 1. The highest BCUT2D eigenvalue weighted by molar-refractivity contribution is 5.99. The minimum Gasteiger partial charge on any atom is -0.481 e. The number of carboxylic acids is 1. The van der Waals surface area contributed by atoms with Gasteiger partial charge in [-0.25, -0.2) is 8.78 Å². The molecule has 0 saturated heterocycles. The molecule has 4 nitrogen and oxygen atoms in total. The van der Waals surface area contributed by atoms with Crippen LogP contribution in [-0.4, -0.2) is 22.9 Å². The van der Waals surface area contributed by atoms with Gasteiger partial charge in [-0.2, -0.15) is 0 Å². The zero-order valence-corrected chi connectivity index (χ0v) is 9.37. The van der Waals surface area contributed by atoms with Crippen molar-refractivity contribution in [2.24, 2.45) is 0 Å². The van der Waals surface area contributed by atoms with Crippen LogP contribution in [0, 0.1) is 0 Å². The first kappa shape index (κ1) is 12.5. The average Bonchev–Trinajstić information content (AvgIpc) is 2.54. The number of anilines is 1. The molecule has 2 rings (SSSR count). The largest absolute Gasteiger partial charge is 0.481 e. The maximum atomic E-state index is 13.3. The summed E-state index contributed by atoms with van der Waals surface area (Å²) in [5, 5.41) is 11.0. The van der Waals surface area contributed by atoms with Gasteiger partial charge in [-0.15, -0.1) is 0 Å². The highest BCUT2D eigenvalue weighted by Gasteiger charge is 2.33. The number of halogens is 2. The van der Waals surface area contributed by atoms with Crippen molar-refractivity contribution in [3.8, 4) is 0 Å². The van der Waals surface area contributed by atoms with E-state index in [0.717, 1.165) is 0 Å². The van der Waals surface area contributed by atoms with E-state index in [9.17, 15) is 18.4 Å². The molecule has 0 unspecified atom stereocenters. The number of hydrogen-bond acceptors (Lipinski definition) is 2. The molecule has 1 aromatic carbocycles. The third kappa shape index (κ3) is 2.82. The van der Waals surface area contributed by atoms with Crippen molar-refractivity contribution in [1.82, 2.24) is 0 Å². The molecule has 0 saturated carbocycles. The summed E-state index contributed by atoms with van der Waals surface area (Å²) in [5.74, 6) is -4.98. The molecule has 0 spiro atoms. The van der Waals surface area contributed by atoms with E-state index < -0.39 is 24.7 Å². The summed E-state index contributed by atoms with van der Waals surface area (Å²) in [7, 11) is 0. The fourth-order valence-corrected chi connectivity index (χ4v) is 1.97. The molecule has 0 radical (unpaired) electrons. The maximum Gasteiger partial charge on any atom is 0.309 e. The van der Waals surface area contributed by atoms with Gasteiger partial charge in [0.05, 0.1) is 6.42 Å². The number of carboxylic acid groups (broad SMARTS) is 1. The van der Waals surface area contributed by atoms with E-state index in [0.29, 0.717) is 16.8 Å². The smallest absolute Gasteiger partial charge is 0.309 e. The van der Waals surface area contributed by atoms with Crippen molar-refractivity contribution in [2.45, 2.75) is 25.2 Å². The van der Waals surface area contributed by atoms with Crippen LogP contribution in [0.25, 0.3) is 0 Å². The first-order valence-electron chi connectivity index (χ1n) is 5.37. The van der Waals surface area contributed by atoms with Crippen molar-refractivity contribution in [1.29, 1.82) is 0 Å². The highest BCUT2D eigenvalue weighted by atomic mass is 19.3. The molecule has 1 amide bonds. The number of rotatable bonds is 4. The fourth-order valence-electron chi connectivity index (χ4n) is 1.97. The summed E-state index contributed by atoms with van der Waals surface area (Å²) in [6, 6.07) is 4.55. The van der Waals surface area contributed by atoms with E-state index >= 15 is 0 Å². The van der Waals surface area contributed by atoms with Gasteiger partial charge < -0.3 is 10.4 Å². The standard InChI is InChI=1S/C12H11F2NO3/c13-12(14,6-11(17)18)5-7-1-2-9-8(3-7)4-10(16)15-9/h1-3H,4-6H2,(H,15,16)(H,17,18). The Hall–Kier alpha value is -1.98. The molecule has 96 valence electrons. The highest BCUT2D eigenvalue weighted by Crippen LogP contribution is 2.28. The van der Waals surface area contributed by atoms with Crippen molar-refractivity contribution in [3.63, 3.8) is 0 Å². The van der Waals surface area contributed by atoms with Gasteiger partial charge in [0.15, 0.2) is 0 Å². The Balaban J connectivity index is 2.14. The van der Waals surface area contributed by atoms with Crippen LogP contribution >= 0.6 is 0 Å². The minimum absolute atomic E-state index is 0.167. The maximum absolute atomic E-state index is 13.3.